The average Bonchev–Trinajstić information content (AvgIpc) is 2.31. The Morgan fingerprint density at radius 3 is 2.41 bits per heavy atom. The summed E-state index contributed by atoms with van der Waals surface area (Å²) in [5.41, 5.74) is 0.163. The van der Waals surface area contributed by atoms with Gasteiger partial charge in [-0.2, -0.15) is 0 Å². The maximum Gasteiger partial charge on any atom is 0.252 e. The summed E-state index contributed by atoms with van der Waals surface area (Å²) < 4.78 is 0. The SMILES string of the molecule is CNC(=O)C(C)NC(=O)c1ccc(O)c(O)c1. The van der Waals surface area contributed by atoms with Crippen molar-refractivity contribution in [3.8, 4) is 11.5 Å². The first-order valence-corrected chi connectivity index (χ1v) is 5.00. The van der Waals surface area contributed by atoms with Crippen molar-refractivity contribution < 1.29 is 19.8 Å². The topological polar surface area (TPSA) is 98.7 Å². The number of likely N-dealkylation sites (N-methyl/N-ethyl adjacent to an activating group) is 1. The van der Waals surface area contributed by atoms with E-state index in [0.29, 0.717) is 0 Å². The van der Waals surface area contributed by atoms with Gasteiger partial charge in [-0.3, -0.25) is 9.59 Å². The fourth-order valence-corrected chi connectivity index (χ4v) is 1.23. The van der Waals surface area contributed by atoms with Crippen LogP contribution >= 0.6 is 0 Å². The predicted molar refractivity (Wildman–Crippen MR) is 60.8 cm³/mol. The van der Waals surface area contributed by atoms with Crippen LogP contribution < -0.4 is 10.6 Å². The van der Waals surface area contributed by atoms with Gasteiger partial charge in [0.1, 0.15) is 6.04 Å². The molecule has 1 rings (SSSR count). The molecule has 0 aliphatic rings. The molecule has 0 radical (unpaired) electrons. The normalized spacial score (nSPS) is 11.6. The molecule has 0 aromatic heterocycles. The molecule has 6 nitrogen and oxygen atoms in total. The molecule has 1 atom stereocenters. The quantitative estimate of drug-likeness (QED) is 0.555. The van der Waals surface area contributed by atoms with Crippen LogP contribution in [0.3, 0.4) is 0 Å². The zero-order chi connectivity index (χ0) is 13.0. The lowest BCUT2D eigenvalue weighted by atomic mass is 10.1. The van der Waals surface area contributed by atoms with Crippen LogP contribution in [0.25, 0.3) is 0 Å². The molecule has 1 aromatic rings. The van der Waals surface area contributed by atoms with Crippen molar-refractivity contribution in [2.45, 2.75) is 13.0 Å². The van der Waals surface area contributed by atoms with Crippen LogP contribution in [0.1, 0.15) is 17.3 Å². The standard InChI is InChI=1S/C11H14N2O4/c1-6(10(16)12-2)13-11(17)7-3-4-8(14)9(15)5-7/h3-6,14-15H,1-2H3,(H,12,16)(H,13,17). The van der Waals surface area contributed by atoms with Crippen molar-refractivity contribution in [3.05, 3.63) is 23.8 Å². The van der Waals surface area contributed by atoms with E-state index < -0.39 is 11.9 Å². The Bertz CT molecular complexity index is 445. The largest absolute Gasteiger partial charge is 0.504 e. The highest BCUT2D eigenvalue weighted by Gasteiger charge is 2.15. The summed E-state index contributed by atoms with van der Waals surface area (Å²) >= 11 is 0. The molecule has 0 bridgehead atoms. The van der Waals surface area contributed by atoms with Gasteiger partial charge in [0.15, 0.2) is 11.5 Å². The van der Waals surface area contributed by atoms with Gasteiger partial charge in [-0.15, -0.1) is 0 Å². The molecular weight excluding hydrogens is 224 g/mol. The number of aromatic hydroxyl groups is 2. The van der Waals surface area contributed by atoms with E-state index in [9.17, 15) is 14.7 Å². The van der Waals surface area contributed by atoms with Crippen LogP contribution in [0, 0.1) is 0 Å². The second kappa shape index (κ2) is 5.20. The highest BCUT2D eigenvalue weighted by Crippen LogP contribution is 2.24. The van der Waals surface area contributed by atoms with Crippen molar-refractivity contribution in [1.29, 1.82) is 0 Å². The first-order chi connectivity index (χ1) is 7.95. The van der Waals surface area contributed by atoms with Crippen molar-refractivity contribution in [1.82, 2.24) is 10.6 Å². The molecule has 4 N–H and O–H groups in total. The smallest absolute Gasteiger partial charge is 0.252 e. The number of carbonyl (C=O) groups is 2. The van der Waals surface area contributed by atoms with Gasteiger partial charge >= 0.3 is 0 Å². The zero-order valence-corrected chi connectivity index (χ0v) is 9.52. The number of nitrogens with one attached hydrogen (secondary N) is 2. The van der Waals surface area contributed by atoms with Gasteiger partial charge < -0.3 is 20.8 Å². The maximum absolute atomic E-state index is 11.7. The zero-order valence-electron chi connectivity index (χ0n) is 9.52. The Kier molecular flexibility index (Phi) is 3.92. The molecule has 0 spiro atoms. The Hall–Kier alpha value is -2.24. The van der Waals surface area contributed by atoms with E-state index in [4.69, 9.17) is 5.11 Å². The fourth-order valence-electron chi connectivity index (χ4n) is 1.23. The van der Waals surface area contributed by atoms with Gasteiger partial charge in [-0.25, -0.2) is 0 Å². The van der Waals surface area contributed by atoms with Crippen molar-refractivity contribution >= 4 is 11.8 Å². The molecule has 0 saturated carbocycles. The predicted octanol–water partition coefficient (Wildman–Crippen LogP) is -0.0379. The molecule has 0 aliphatic heterocycles. The minimum atomic E-state index is -0.677. The Morgan fingerprint density at radius 2 is 1.88 bits per heavy atom. The highest BCUT2D eigenvalue weighted by molar-refractivity contribution is 5.97. The van der Waals surface area contributed by atoms with Gasteiger partial charge in [-0.05, 0) is 25.1 Å². The number of carbonyl (C=O) groups excluding carboxylic acids is 2. The molecule has 92 valence electrons. The van der Waals surface area contributed by atoms with Crippen LogP contribution in [-0.4, -0.2) is 35.1 Å². The Morgan fingerprint density at radius 1 is 1.24 bits per heavy atom. The summed E-state index contributed by atoms with van der Waals surface area (Å²) in [5.74, 6) is -1.51. The first kappa shape index (κ1) is 12.8. The van der Waals surface area contributed by atoms with Gasteiger partial charge in [0.05, 0.1) is 0 Å². The number of phenolic OH excluding ortho intramolecular Hbond substituents is 2. The fraction of sp³-hybridized carbons (Fsp3) is 0.273. The molecular formula is C11H14N2O4. The lowest BCUT2D eigenvalue weighted by Crippen LogP contribution is -2.43. The number of hydrogen-bond donors (Lipinski definition) is 4. The second-order valence-electron chi connectivity index (χ2n) is 3.51. The van der Waals surface area contributed by atoms with E-state index in [1.807, 2.05) is 0 Å². The van der Waals surface area contributed by atoms with E-state index in [0.717, 1.165) is 6.07 Å². The molecule has 17 heavy (non-hydrogen) atoms. The number of hydrogen-bond acceptors (Lipinski definition) is 4. The third-order valence-corrected chi connectivity index (χ3v) is 2.22. The van der Waals surface area contributed by atoms with Gasteiger partial charge in [0.25, 0.3) is 5.91 Å². The van der Waals surface area contributed by atoms with Crippen LogP contribution in [0.2, 0.25) is 0 Å². The molecule has 1 aromatic carbocycles. The lowest BCUT2D eigenvalue weighted by molar-refractivity contribution is -0.122. The summed E-state index contributed by atoms with van der Waals surface area (Å²) in [4.78, 5) is 22.8. The number of amides is 2. The second-order valence-corrected chi connectivity index (χ2v) is 3.51. The molecule has 0 heterocycles. The highest BCUT2D eigenvalue weighted by atomic mass is 16.3. The minimum Gasteiger partial charge on any atom is -0.504 e. The Labute approximate surface area is 98.3 Å². The van der Waals surface area contributed by atoms with Crippen LogP contribution in [0.15, 0.2) is 18.2 Å². The summed E-state index contributed by atoms with van der Waals surface area (Å²) in [5, 5.41) is 23.2. The molecule has 0 saturated heterocycles. The third-order valence-electron chi connectivity index (χ3n) is 2.22. The first-order valence-electron chi connectivity index (χ1n) is 5.00. The summed E-state index contributed by atoms with van der Waals surface area (Å²) in [6.45, 7) is 1.54. The van der Waals surface area contributed by atoms with Gasteiger partial charge in [0.2, 0.25) is 5.91 Å². The summed E-state index contributed by atoms with van der Waals surface area (Å²) in [6.07, 6.45) is 0. The Balaban J connectivity index is 2.76. The van der Waals surface area contributed by atoms with E-state index in [1.165, 1.54) is 26.1 Å². The molecule has 0 fully saturated rings. The molecule has 6 heteroatoms. The summed E-state index contributed by atoms with van der Waals surface area (Å²) in [6, 6.07) is 3.00. The monoisotopic (exact) mass is 238 g/mol. The van der Waals surface area contributed by atoms with Crippen molar-refractivity contribution in [2.75, 3.05) is 7.05 Å². The van der Waals surface area contributed by atoms with Crippen LogP contribution in [0.5, 0.6) is 11.5 Å². The van der Waals surface area contributed by atoms with E-state index in [-0.39, 0.29) is 23.0 Å². The maximum atomic E-state index is 11.7. The number of benzene rings is 1. The van der Waals surface area contributed by atoms with Gasteiger partial charge in [-0.1, -0.05) is 0 Å². The molecule has 1 unspecified atom stereocenters. The van der Waals surface area contributed by atoms with Gasteiger partial charge in [0, 0.05) is 12.6 Å². The number of rotatable bonds is 3. The third kappa shape index (κ3) is 3.10. The van der Waals surface area contributed by atoms with E-state index in [2.05, 4.69) is 10.6 Å². The van der Waals surface area contributed by atoms with Crippen LogP contribution in [0.4, 0.5) is 0 Å². The average molecular weight is 238 g/mol. The molecule has 2 amide bonds. The minimum absolute atomic E-state index is 0.163. The van der Waals surface area contributed by atoms with Crippen molar-refractivity contribution in [3.63, 3.8) is 0 Å². The van der Waals surface area contributed by atoms with E-state index >= 15 is 0 Å². The van der Waals surface area contributed by atoms with E-state index in [1.54, 1.807) is 0 Å². The lowest BCUT2D eigenvalue weighted by Gasteiger charge is -2.12. The molecule has 0 aliphatic carbocycles. The van der Waals surface area contributed by atoms with Crippen molar-refractivity contribution in [2.24, 2.45) is 0 Å². The summed E-state index contributed by atoms with van der Waals surface area (Å²) in [7, 11) is 1.47. The van der Waals surface area contributed by atoms with Crippen LogP contribution in [-0.2, 0) is 4.79 Å². The number of phenols is 2.